The molecular formula is C16H10ClF3N2O2. The van der Waals surface area contributed by atoms with E-state index in [2.05, 4.69) is 0 Å². The van der Waals surface area contributed by atoms with Gasteiger partial charge in [-0.1, -0.05) is 23.7 Å². The molecule has 8 heteroatoms. The summed E-state index contributed by atoms with van der Waals surface area (Å²) in [5.74, 6) is 0. The molecule has 2 aromatic carbocycles. The summed E-state index contributed by atoms with van der Waals surface area (Å²) in [6.07, 6.45) is -4.84. The van der Waals surface area contributed by atoms with Crippen molar-refractivity contribution < 1.29 is 18.1 Å². The van der Waals surface area contributed by atoms with Crippen LogP contribution < -0.4 is 0 Å². The number of nitriles is 1. The lowest BCUT2D eigenvalue weighted by molar-refractivity contribution is -0.385. The van der Waals surface area contributed by atoms with Crippen LogP contribution in [-0.4, -0.2) is 4.92 Å². The Labute approximate surface area is 140 Å². The lowest BCUT2D eigenvalue weighted by Gasteiger charge is -2.26. The maximum absolute atomic E-state index is 13.4. The molecule has 2 aromatic rings. The topological polar surface area (TPSA) is 66.9 Å². The Morgan fingerprint density at radius 1 is 1.12 bits per heavy atom. The molecule has 0 fully saturated rings. The summed E-state index contributed by atoms with van der Waals surface area (Å²) in [4.78, 5) is 9.86. The normalized spacial score (nSPS) is 13.8. The van der Waals surface area contributed by atoms with E-state index in [1.165, 1.54) is 31.2 Å². The monoisotopic (exact) mass is 354 g/mol. The molecule has 2 rings (SSSR count). The summed E-state index contributed by atoms with van der Waals surface area (Å²) in [5, 5.41) is 20.7. The third kappa shape index (κ3) is 3.19. The van der Waals surface area contributed by atoms with Crippen molar-refractivity contribution >= 4 is 17.3 Å². The maximum atomic E-state index is 13.4. The number of nitrogens with zero attached hydrogens (tertiary/aromatic N) is 2. The van der Waals surface area contributed by atoms with Gasteiger partial charge in [0.2, 0.25) is 0 Å². The third-order valence-electron chi connectivity index (χ3n) is 3.70. The van der Waals surface area contributed by atoms with Gasteiger partial charge in [0.05, 0.1) is 16.6 Å². The highest BCUT2D eigenvalue weighted by molar-refractivity contribution is 6.30. The Balaban J connectivity index is 2.75. The van der Waals surface area contributed by atoms with E-state index in [1.54, 1.807) is 0 Å². The van der Waals surface area contributed by atoms with Gasteiger partial charge in [-0.25, -0.2) is 0 Å². The second-order valence-electron chi connectivity index (χ2n) is 5.23. The summed E-state index contributed by atoms with van der Waals surface area (Å²) in [6.45, 7) is 1.33. The molecule has 0 aliphatic heterocycles. The van der Waals surface area contributed by atoms with Crippen LogP contribution in [0.3, 0.4) is 0 Å². The zero-order valence-electron chi connectivity index (χ0n) is 12.3. The lowest BCUT2D eigenvalue weighted by atomic mass is 9.75. The summed E-state index contributed by atoms with van der Waals surface area (Å²) in [6, 6.07) is 10.1. The smallest absolute Gasteiger partial charge is 0.258 e. The molecule has 0 aliphatic carbocycles. The van der Waals surface area contributed by atoms with Crippen molar-refractivity contribution in [3.63, 3.8) is 0 Å². The van der Waals surface area contributed by atoms with Gasteiger partial charge in [-0.3, -0.25) is 10.1 Å². The molecule has 1 unspecified atom stereocenters. The summed E-state index contributed by atoms with van der Waals surface area (Å²) >= 11 is 5.77. The average Bonchev–Trinajstić information content (AvgIpc) is 2.53. The van der Waals surface area contributed by atoms with Crippen LogP contribution in [0.2, 0.25) is 5.02 Å². The summed E-state index contributed by atoms with van der Waals surface area (Å²) in [5.41, 5.74) is -3.61. The first-order valence-electron chi connectivity index (χ1n) is 6.63. The molecule has 4 nitrogen and oxygen atoms in total. The van der Waals surface area contributed by atoms with Crippen LogP contribution in [0.25, 0.3) is 0 Å². The van der Waals surface area contributed by atoms with Crippen LogP contribution >= 0.6 is 11.6 Å². The van der Waals surface area contributed by atoms with Crippen molar-refractivity contribution in [3.05, 3.63) is 74.3 Å². The highest BCUT2D eigenvalue weighted by atomic mass is 35.5. The van der Waals surface area contributed by atoms with Gasteiger partial charge in [0, 0.05) is 17.2 Å². The molecule has 1 atom stereocenters. The lowest BCUT2D eigenvalue weighted by Crippen LogP contribution is -2.26. The van der Waals surface area contributed by atoms with Crippen molar-refractivity contribution in [3.8, 4) is 6.07 Å². The Morgan fingerprint density at radius 2 is 1.71 bits per heavy atom. The Morgan fingerprint density at radius 3 is 2.17 bits per heavy atom. The van der Waals surface area contributed by atoms with Crippen LogP contribution in [0, 0.1) is 21.4 Å². The number of nitro benzene ring substituents is 1. The molecule has 0 amide bonds. The number of halogens is 4. The second-order valence-corrected chi connectivity index (χ2v) is 5.66. The quantitative estimate of drug-likeness (QED) is 0.569. The van der Waals surface area contributed by atoms with Gasteiger partial charge in [-0.05, 0) is 36.2 Å². The molecule has 124 valence electrons. The minimum absolute atomic E-state index is 0.300. The molecule has 0 heterocycles. The van der Waals surface area contributed by atoms with E-state index in [-0.39, 0.29) is 5.56 Å². The largest absolute Gasteiger partial charge is 0.416 e. The van der Waals surface area contributed by atoms with E-state index in [0.717, 1.165) is 12.1 Å². The number of hydrogen-bond donors (Lipinski definition) is 0. The molecule has 0 aromatic heterocycles. The number of hydrogen-bond acceptors (Lipinski definition) is 3. The van der Waals surface area contributed by atoms with Gasteiger partial charge in [-0.2, -0.15) is 18.4 Å². The minimum Gasteiger partial charge on any atom is -0.258 e. The Kier molecular flexibility index (Phi) is 4.54. The molecule has 0 saturated heterocycles. The number of non-ortho nitro benzene ring substituents is 1. The van der Waals surface area contributed by atoms with E-state index in [4.69, 9.17) is 11.6 Å². The molecular weight excluding hydrogens is 345 g/mol. The third-order valence-corrected chi connectivity index (χ3v) is 3.96. The summed E-state index contributed by atoms with van der Waals surface area (Å²) in [7, 11) is 0. The van der Waals surface area contributed by atoms with E-state index >= 15 is 0 Å². The van der Waals surface area contributed by atoms with Gasteiger partial charge >= 0.3 is 6.18 Å². The van der Waals surface area contributed by atoms with Crippen molar-refractivity contribution in [1.29, 1.82) is 5.26 Å². The van der Waals surface area contributed by atoms with E-state index in [0.29, 0.717) is 16.7 Å². The van der Waals surface area contributed by atoms with Crippen molar-refractivity contribution in [1.82, 2.24) is 0 Å². The molecule has 0 bridgehead atoms. The molecule has 0 spiro atoms. The number of rotatable bonds is 3. The van der Waals surface area contributed by atoms with Gasteiger partial charge in [-0.15, -0.1) is 0 Å². The van der Waals surface area contributed by atoms with E-state index < -0.39 is 27.8 Å². The second kappa shape index (κ2) is 6.13. The first-order valence-corrected chi connectivity index (χ1v) is 7.01. The van der Waals surface area contributed by atoms with Gasteiger partial charge in [0.25, 0.3) is 5.69 Å². The fourth-order valence-electron chi connectivity index (χ4n) is 2.38. The van der Waals surface area contributed by atoms with Crippen LogP contribution in [0.1, 0.15) is 23.6 Å². The molecule has 24 heavy (non-hydrogen) atoms. The number of nitro groups is 1. The van der Waals surface area contributed by atoms with Crippen LogP contribution in [0.5, 0.6) is 0 Å². The molecule has 0 N–H and O–H groups in total. The van der Waals surface area contributed by atoms with Crippen LogP contribution in [-0.2, 0) is 11.6 Å². The van der Waals surface area contributed by atoms with Crippen molar-refractivity contribution in [2.24, 2.45) is 0 Å². The van der Waals surface area contributed by atoms with Crippen LogP contribution in [0.4, 0.5) is 18.9 Å². The average molecular weight is 355 g/mol. The fraction of sp³-hybridized carbons (Fsp3) is 0.188. The highest BCUT2D eigenvalue weighted by Crippen LogP contribution is 2.42. The first-order chi connectivity index (χ1) is 11.1. The van der Waals surface area contributed by atoms with Crippen LogP contribution in [0.15, 0.2) is 42.5 Å². The van der Waals surface area contributed by atoms with E-state index in [1.807, 2.05) is 6.07 Å². The number of benzene rings is 2. The fourth-order valence-corrected chi connectivity index (χ4v) is 2.51. The number of alkyl halides is 3. The van der Waals surface area contributed by atoms with Crippen molar-refractivity contribution in [2.45, 2.75) is 18.5 Å². The van der Waals surface area contributed by atoms with Gasteiger partial charge in [0.15, 0.2) is 0 Å². The van der Waals surface area contributed by atoms with Crippen molar-refractivity contribution in [2.75, 3.05) is 0 Å². The summed E-state index contributed by atoms with van der Waals surface area (Å²) < 4.78 is 40.2. The predicted molar refractivity (Wildman–Crippen MR) is 81.6 cm³/mol. The highest BCUT2D eigenvalue weighted by Gasteiger charge is 2.41. The van der Waals surface area contributed by atoms with Gasteiger partial charge < -0.3 is 0 Å². The Hall–Kier alpha value is -2.59. The minimum atomic E-state index is -4.84. The standard InChI is InChI=1S/C16H10ClF3N2O2/c1-15(9-21,10-2-4-11(17)5-3-10)13-7-6-12(22(23)24)8-14(13)16(18,19)20/h2-8H,1H3. The Bertz CT molecular complexity index is 829. The molecule has 0 radical (unpaired) electrons. The molecule has 0 aliphatic rings. The first kappa shape index (κ1) is 17.8. The van der Waals surface area contributed by atoms with Gasteiger partial charge in [0.1, 0.15) is 5.41 Å². The van der Waals surface area contributed by atoms with E-state index in [9.17, 15) is 28.5 Å². The molecule has 0 saturated carbocycles. The zero-order valence-corrected chi connectivity index (χ0v) is 13.0. The maximum Gasteiger partial charge on any atom is 0.416 e. The zero-order chi connectivity index (χ0) is 18.1. The SMILES string of the molecule is CC(C#N)(c1ccc(Cl)cc1)c1ccc([N+](=O)[O-])cc1C(F)(F)F. The predicted octanol–water partition coefficient (Wildman–Crippen LogP) is 5.10.